The van der Waals surface area contributed by atoms with Crippen molar-refractivity contribution in [3.8, 4) is 22.3 Å². The fourth-order valence-electron chi connectivity index (χ4n) is 7.37. The second kappa shape index (κ2) is 11.2. The van der Waals surface area contributed by atoms with Gasteiger partial charge in [-0.05, 0) is 93.7 Å². The highest BCUT2D eigenvalue weighted by atomic mass is 32.1. The Balaban J connectivity index is 1.17. The van der Waals surface area contributed by atoms with E-state index in [1.807, 2.05) is 23.5 Å². The summed E-state index contributed by atoms with van der Waals surface area (Å²) in [5, 5.41) is 7.33. The molecular formula is C46H29NOS. The van der Waals surface area contributed by atoms with Crippen LogP contribution in [-0.2, 0) is 0 Å². The summed E-state index contributed by atoms with van der Waals surface area (Å²) in [6.45, 7) is 0. The number of nitrogens with zero attached hydrogens (tertiary/aromatic N) is 1. The molecule has 10 aromatic rings. The monoisotopic (exact) mass is 643 g/mol. The van der Waals surface area contributed by atoms with E-state index in [4.69, 9.17) is 4.42 Å². The molecule has 0 aliphatic heterocycles. The second-order valence-electron chi connectivity index (χ2n) is 12.5. The Hall–Kier alpha value is -6.16. The Labute approximate surface area is 287 Å². The molecule has 2 heterocycles. The molecule has 0 aliphatic carbocycles. The number of benzene rings is 8. The number of anilines is 3. The van der Waals surface area contributed by atoms with Crippen molar-refractivity contribution in [1.82, 2.24) is 0 Å². The Bertz CT molecular complexity index is 2840. The first-order valence-electron chi connectivity index (χ1n) is 16.6. The van der Waals surface area contributed by atoms with E-state index < -0.39 is 0 Å². The lowest BCUT2D eigenvalue weighted by Gasteiger charge is -2.27. The van der Waals surface area contributed by atoms with Crippen LogP contribution < -0.4 is 4.90 Å². The summed E-state index contributed by atoms with van der Waals surface area (Å²) >= 11 is 1.86. The van der Waals surface area contributed by atoms with Crippen LogP contribution in [0.2, 0.25) is 0 Å². The first-order chi connectivity index (χ1) is 24.3. The van der Waals surface area contributed by atoms with Crippen LogP contribution in [0.1, 0.15) is 0 Å². The molecule has 0 N–H and O–H groups in total. The molecule has 3 heteroatoms. The van der Waals surface area contributed by atoms with Gasteiger partial charge in [-0.1, -0.05) is 115 Å². The van der Waals surface area contributed by atoms with Gasteiger partial charge in [-0.15, -0.1) is 11.3 Å². The molecule has 0 spiro atoms. The molecule has 0 fully saturated rings. The molecule has 230 valence electrons. The molecule has 0 saturated carbocycles. The fourth-order valence-corrected chi connectivity index (χ4v) is 8.50. The Morgan fingerprint density at radius 2 is 1.12 bits per heavy atom. The van der Waals surface area contributed by atoms with Gasteiger partial charge >= 0.3 is 0 Å². The maximum atomic E-state index is 6.37. The van der Waals surface area contributed by atoms with Crippen LogP contribution in [0.3, 0.4) is 0 Å². The number of thiophene rings is 1. The largest absolute Gasteiger partial charge is 0.456 e. The lowest BCUT2D eigenvalue weighted by atomic mass is 9.98. The Kier molecular flexibility index (Phi) is 6.39. The zero-order valence-corrected chi connectivity index (χ0v) is 27.3. The Morgan fingerprint density at radius 3 is 2.04 bits per heavy atom. The fraction of sp³-hybridized carbons (Fsp3) is 0. The lowest BCUT2D eigenvalue weighted by molar-refractivity contribution is 0.669. The van der Waals surface area contributed by atoms with Gasteiger partial charge in [0, 0.05) is 36.9 Å². The molecule has 0 saturated heterocycles. The van der Waals surface area contributed by atoms with E-state index in [2.05, 4.69) is 169 Å². The van der Waals surface area contributed by atoms with Crippen LogP contribution in [0.4, 0.5) is 17.1 Å². The normalized spacial score (nSPS) is 11.7. The van der Waals surface area contributed by atoms with Crippen LogP contribution >= 0.6 is 11.3 Å². The maximum absolute atomic E-state index is 6.37. The van der Waals surface area contributed by atoms with Gasteiger partial charge in [-0.2, -0.15) is 0 Å². The van der Waals surface area contributed by atoms with Gasteiger partial charge in [0.05, 0.1) is 11.1 Å². The van der Waals surface area contributed by atoms with E-state index in [0.717, 1.165) is 39.0 Å². The number of rotatable bonds is 5. The van der Waals surface area contributed by atoms with Gasteiger partial charge in [0.25, 0.3) is 0 Å². The van der Waals surface area contributed by atoms with E-state index in [1.165, 1.54) is 53.2 Å². The molecule has 0 bridgehead atoms. The minimum Gasteiger partial charge on any atom is -0.456 e. The first-order valence-corrected chi connectivity index (χ1v) is 17.4. The van der Waals surface area contributed by atoms with Crippen LogP contribution in [0.15, 0.2) is 180 Å². The zero-order chi connectivity index (χ0) is 32.3. The Morgan fingerprint density at radius 1 is 0.408 bits per heavy atom. The topological polar surface area (TPSA) is 16.4 Å². The molecule has 0 aliphatic rings. The predicted octanol–water partition coefficient (Wildman–Crippen LogP) is 13.9. The van der Waals surface area contributed by atoms with Gasteiger partial charge in [-0.25, -0.2) is 0 Å². The molecule has 8 aromatic carbocycles. The second-order valence-corrected chi connectivity index (χ2v) is 13.6. The standard InChI is InChI=1S/C46H29NOS/c1-2-11-32-28-33(23-22-30(32)10-1)31-24-26-35(27-25-31)47(40-17-9-19-42-46(40)38-14-3-5-18-41(38)48-42)36-13-7-12-34(29-36)37-16-8-21-44-45(37)39-15-4-6-20-43(39)49-44/h1-29H. The number of hydrogen-bond acceptors (Lipinski definition) is 3. The van der Waals surface area contributed by atoms with Crippen LogP contribution in [0.5, 0.6) is 0 Å². The van der Waals surface area contributed by atoms with Crippen molar-refractivity contribution in [2.45, 2.75) is 0 Å². The van der Waals surface area contributed by atoms with Gasteiger partial charge in [-0.3, -0.25) is 0 Å². The molecular weight excluding hydrogens is 615 g/mol. The average Bonchev–Trinajstić information content (AvgIpc) is 3.74. The molecule has 2 nitrogen and oxygen atoms in total. The summed E-state index contributed by atoms with van der Waals surface area (Å²) in [6, 6.07) is 63.3. The third-order valence-electron chi connectivity index (χ3n) is 9.65. The lowest BCUT2D eigenvalue weighted by Crippen LogP contribution is -2.10. The minimum absolute atomic E-state index is 0.877. The third-order valence-corrected chi connectivity index (χ3v) is 10.8. The summed E-state index contributed by atoms with van der Waals surface area (Å²) in [5.41, 5.74) is 9.85. The first kappa shape index (κ1) is 27.9. The van der Waals surface area contributed by atoms with Gasteiger partial charge < -0.3 is 9.32 Å². The quantitative estimate of drug-likeness (QED) is 0.186. The number of furan rings is 1. The van der Waals surface area contributed by atoms with Crippen LogP contribution in [0.25, 0.3) is 75.1 Å². The predicted molar refractivity (Wildman–Crippen MR) is 210 cm³/mol. The van der Waals surface area contributed by atoms with Crippen LogP contribution in [0, 0.1) is 0 Å². The van der Waals surface area contributed by atoms with Gasteiger partial charge in [0.15, 0.2) is 0 Å². The highest BCUT2D eigenvalue weighted by Crippen LogP contribution is 2.45. The van der Waals surface area contributed by atoms with E-state index >= 15 is 0 Å². The molecule has 0 atom stereocenters. The molecule has 0 unspecified atom stereocenters. The molecule has 0 radical (unpaired) electrons. The van der Waals surface area contributed by atoms with Crippen molar-refractivity contribution >= 4 is 81.3 Å². The van der Waals surface area contributed by atoms with E-state index in [-0.39, 0.29) is 0 Å². The van der Waals surface area contributed by atoms with Gasteiger partial charge in [0.2, 0.25) is 0 Å². The minimum atomic E-state index is 0.877. The van der Waals surface area contributed by atoms with E-state index in [1.54, 1.807) is 0 Å². The number of para-hydroxylation sites is 1. The molecule has 10 rings (SSSR count). The summed E-state index contributed by atoms with van der Waals surface area (Å²) in [6.07, 6.45) is 0. The van der Waals surface area contributed by atoms with E-state index in [0.29, 0.717) is 0 Å². The summed E-state index contributed by atoms with van der Waals surface area (Å²) in [5.74, 6) is 0. The van der Waals surface area contributed by atoms with Gasteiger partial charge in [0.1, 0.15) is 11.2 Å². The van der Waals surface area contributed by atoms with Crippen molar-refractivity contribution in [3.63, 3.8) is 0 Å². The van der Waals surface area contributed by atoms with Crippen LogP contribution in [-0.4, -0.2) is 0 Å². The SMILES string of the molecule is c1cc(-c2cccc3sc4ccccc4c23)cc(N(c2ccc(-c3ccc4ccccc4c3)cc2)c2cccc3oc4ccccc4c23)c1. The summed E-state index contributed by atoms with van der Waals surface area (Å²) < 4.78 is 8.99. The van der Waals surface area contributed by atoms with Crippen molar-refractivity contribution in [3.05, 3.63) is 176 Å². The molecule has 2 aromatic heterocycles. The third kappa shape index (κ3) is 4.62. The summed E-state index contributed by atoms with van der Waals surface area (Å²) in [7, 11) is 0. The highest BCUT2D eigenvalue weighted by molar-refractivity contribution is 7.25. The maximum Gasteiger partial charge on any atom is 0.137 e. The van der Waals surface area contributed by atoms with Crippen molar-refractivity contribution in [2.75, 3.05) is 4.90 Å². The molecule has 0 amide bonds. The molecule has 49 heavy (non-hydrogen) atoms. The highest BCUT2D eigenvalue weighted by Gasteiger charge is 2.20. The van der Waals surface area contributed by atoms with E-state index in [9.17, 15) is 0 Å². The van der Waals surface area contributed by atoms with Crippen molar-refractivity contribution < 1.29 is 4.42 Å². The number of hydrogen-bond donors (Lipinski definition) is 0. The number of fused-ring (bicyclic) bond motifs is 7. The average molecular weight is 644 g/mol. The summed E-state index contributed by atoms with van der Waals surface area (Å²) in [4.78, 5) is 2.38. The van der Waals surface area contributed by atoms with Crippen molar-refractivity contribution in [2.24, 2.45) is 0 Å². The zero-order valence-electron chi connectivity index (χ0n) is 26.5. The van der Waals surface area contributed by atoms with Crippen molar-refractivity contribution in [1.29, 1.82) is 0 Å². The smallest absolute Gasteiger partial charge is 0.137 e.